The highest BCUT2D eigenvalue weighted by atomic mass is 16.5. The van der Waals surface area contributed by atoms with Crippen LogP contribution in [0.3, 0.4) is 0 Å². The zero-order valence-corrected chi connectivity index (χ0v) is 21.6. The minimum atomic E-state index is -0.539. The topological polar surface area (TPSA) is 78.9 Å². The maximum absolute atomic E-state index is 12.3. The van der Waals surface area contributed by atoms with Gasteiger partial charge in [-0.15, -0.1) is 0 Å². The van der Waals surface area contributed by atoms with Gasteiger partial charge in [0.1, 0.15) is 17.2 Å². The van der Waals surface area contributed by atoms with Gasteiger partial charge in [-0.05, 0) is 67.8 Å². The Morgan fingerprint density at radius 2 is 1.03 bits per heavy atom. The highest BCUT2D eigenvalue weighted by Crippen LogP contribution is 2.31. The molecule has 0 bridgehead atoms. The molecule has 0 spiro atoms. The summed E-state index contributed by atoms with van der Waals surface area (Å²) in [6.07, 6.45) is 3.67. The Kier molecular flexibility index (Phi) is 8.95. The molecule has 3 rings (SSSR count). The van der Waals surface area contributed by atoms with Gasteiger partial charge in [-0.25, -0.2) is 14.4 Å². The van der Waals surface area contributed by atoms with Gasteiger partial charge in [0.15, 0.2) is 0 Å². The highest BCUT2D eigenvalue weighted by molar-refractivity contribution is 5.91. The predicted molar refractivity (Wildman–Crippen MR) is 149 cm³/mol. The SMILES string of the molecule is C=C(C)C(=O)Oc1ccc(/C=C/c2ccc(-c3ccc(OC(=O)C(=C)C)cc3)cc2OC(=O)C(=C)C)cc1. The van der Waals surface area contributed by atoms with Crippen LogP contribution in [-0.4, -0.2) is 17.9 Å². The third kappa shape index (κ3) is 7.51. The van der Waals surface area contributed by atoms with E-state index in [0.29, 0.717) is 34.0 Å². The molecule has 0 saturated carbocycles. The molecule has 0 heterocycles. The molecule has 0 saturated heterocycles. The second-order valence-corrected chi connectivity index (χ2v) is 8.69. The number of hydrogen-bond acceptors (Lipinski definition) is 6. The predicted octanol–water partition coefficient (Wildman–Crippen LogP) is 6.97. The molecule has 6 heteroatoms. The number of benzene rings is 3. The van der Waals surface area contributed by atoms with Crippen molar-refractivity contribution in [2.24, 2.45) is 0 Å². The van der Waals surface area contributed by atoms with Crippen LogP contribution in [0.15, 0.2) is 103 Å². The van der Waals surface area contributed by atoms with E-state index in [1.54, 1.807) is 75.4 Å². The molecule has 192 valence electrons. The van der Waals surface area contributed by atoms with E-state index in [4.69, 9.17) is 14.2 Å². The van der Waals surface area contributed by atoms with Crippen LogP contribution < -0.4 is 14.2 Å². The normalized spacial score (nSPS) is 10.5. The smallest absolute Gasteiger partial charge is 0.338 e. The molecule has 0 aliphatic heterocycles. The molecule has 0 aliphatic rings. The molecule has 0 radical (unpaired) electrons. The van der Waals surface area contributed by atoms with Crippen LogP contribution in [0.25, 0.3) is 23.3 Å². The van der Waals surface area contributed by atoms with Gasteiger partial charge >= 0.3 is 17.9 Å². The molecular formula is C32H28O6. The van der Waals surface area contributed by atoms with Gasteiger partial charge in [-0.3, -0.25) is 0 Å². The Balaban J connectivity index is 1.85. The maximum atomic E-state index is 12.3. The van der Waals surface area contributed by atoms with E-state index in [9.17, 15) is 14.4 Å². The molecule has 3 aromatic carbocycles. The maximum Gasteiger partial charge on any atom is 0.338 e. The van der Waals surface area contributed by atoms with Crippen LogP contribution in [-0.2, 0) is 14.4 Å². The number of esters is 3. The van der Waals surface area contributed by atoms with E-state index in [1.165, 1.54) is 0 Å². The van der Waals surface area contributed by atoms with Crippen molar-refractivity contribution >= 4 is 30.1 Å². The van der Waals surface area contributed by atoms with Gasteiger partial charge in [-0.2, -0.15) is 0 Å². The van der Waals surface area contributed by atoms with Crippen molar-refractivity contribution in [2.75, 3.05) is 0 Å². The van der Waals surface area contributed by atoms with E-state index in [2.05, 4.69) is 19.7 Å². The van der Waals surface area contributed by atoms with Gasteiger partial charge in [-0.1, -0.05) is 68.3 Å². The number of ether oxygens (including phenoxy) is 3. The van der Waals surface area contributed by atoms with Gasteiger partial charge in [0, 0.05) is 22.3 Å². The first-order valence-corrected chi connectivity index (χ1v) is 11.7. The molecule has 6 nitrogen and oxygen atoms in total. The van der Waals surface area contributed by atoms with Crippen molar-refractivity contribution in [3.8, 4) is 28.4 Å². The summed E-state index contributed by atoms with van der Waals surface area (Å²) >= 11 is 0. The number of rotatable bonds is 9. The van der Waals surface area contributed by atoms with Gasteiger partial charge in [0.05, 0.1) is 0 Å². The van der Waals surface area contributed by atoms with Crippen molar-refractivity contribution in [3.63, 3.8) is 0 Å². The average Bonchev–Trinajstić information content (AvgIpc) is 2.89. The zero-order valence-electron chi connectivity index (χ0n) is 21.6. The van der Waals surface area contributed by atoms with Crippen LogP contribution >= 0.6 is 0 Å². The first kappa shape index (κ1) is 27.6. The Bertz CT molecular complexity index is 1440. The second kappa shape index (κ2) is 12.3. The van der Waals surface area contributed by atoms with Gasteiger partial charge < -0.3 is 14.2 Å². The summed E-state index contributed by atoms with van der Waals surface area (Å²) in [6.45, 7) is 15.5. The fourth-order valence-electron chi connectivity index (χ4n) is 3.06. The molecule has 0 aliphatic carbocycles. The summed E-state index contributed by atoms with van der Waals surface area (Å²) in [5, 5.41) is 0. The molecule has 0 atom stereocenters. The molecule has 0 aromatic heterocycles. The largest absolute Gasteiger partial charge is 0.423 e. The van der Waals surface area contributed by atoms with E-state index in [1.807, 2.05) is 24.3 Å². The van der Waals surface area contributed by atoms with Crippen LogP contribution in [0.4, 0.5) is 0 Å². The van der Waals surface area contributed by atoms with Crippen molar-refractivity contribution in [1.29, 1.82) is 0 Å². The summed E-state index contributed by atoms with van der Waals surface area (Å²) in [7, 11) is 0. The van der Waals surface area contributed by atoms with E-state index in [0.717, 1.165) is 16.7 Å². The van der Waals surface area contributed by atoms with Crippen LogP contribution in [0.2, 0.25) is 0 Å². The lowest BCUT2D eigenvalue weighted by molar-refractivity contribution is -0.130. The number of hydrogen-bond donors (Lipinski definition) is 0. The van der Waals surface area contributed by atoms with E-state index >= 15 is 0 Å². The minimum absolute atomic E-state index is 0.272. The fourth-order valence-corrected chi connectivity index (χ4v) is 3.06. The van der Waals surface area contributed by atoms with Gasteiger partial charge in [0.25, 0.3) is 0 Å². The average molecular weight is 509 g/mol. The van der Waals surface area contributed by atoms with E-state index in [-0.39, 0.29) is 5.57 Å². The standard InChI is InChI=1S/C32H28O6/c1-20(2)30(33)36-27-15-8-23(9-16-27)7-10-25-11-12-26(19-29(25)38-32(35)22(5)6)24-13-17-28(18-14-24)37-31(34)21(3)4/h7-19H,1,3,5H2,2,4,6H3/b10-7+. The number of carbonyl (C=O) groups is 3. The molecule has 3 aromatic rings. The van der Waals surface area contributed by atoms with E-state index < -0.39 is 17.9 Å². The van der Waals surface area contributed by atoms with Crippen molar-refractivity contribution in [2.45, 2.75) is 20.8 Å². The third-order valence-electron chi connectivity index (χ3n) is 5.21. The fraction of sp³-hybridized carbons (Fsp3) is 0.0938. The molecule has 0 unspecified atom stereocenters. The first-order chi connectivity index (χ1) is 18.0. The van der Waals surface area contributed by atoms with Crippen molar-refractivity contribution < 1.29 is 28.6 Å². The van der Waals surface area contributed by atoms with Crippen molar-refractivity contribution in [3.05, 3.63) is 114 Å². The summed E-state index contributed by atoms with van der Waals surface area (Å²) < 4.78 is 16.1. The summed E-state index contributed by atoms with van der Waals surface area (Å²) in [5.41, 5.74) is 4.06. The van der Waals surface area contributed by atoms with Crippen molar-refractivity contribution in [1.82, 2.24) is 0 Å². The quantitative estimate of drug-likeness (QED) is 0.134. The first-order valence-electron chi connectivity index (χ1n) is 11.7. The lowest BCUT2D eigenvalue weighted by Crippen LogP contribution is -2.09. The lowest BCUT2D eigenvalue weighted by atomic mass is 10.0. The van der Waals surface area contributed by atoms with Crippen LogP contribution in [0, 0.1) is 0 Å². The molecule has 0 fully saturated rings. The molecular weight excluding hydrogens is 480 g/mol. The lowest BCUT2D eigenvalue weighted by Gasteiger charge is -2.11. The zero-order chi connectivity index (χ0) is 27.8. The Morgan fingerprint density at radius 3 is 1.53 bits per heavy atom. The minimum Gasteiger partial charge on any atom is -0.423 e. The molecule has 0 amide bonds. The summed E-state index contributed by atoms with van der Waals surface area (Å²) in [6, 6.07) is 19.4. The number of carbonyl (C=O) groups excluding carboxylic acids is 3. The van der Waals surface area contributed by atoms with Crippen LogP contribution in [0.5, 0.6) is 17.2 Å². The van der Waals surface area contributed by atoms with Gasteiger partial charge in [0.2, 0.25) is 0 Å². The summed E-state index contributed by atoms with van der Waals surface area (Å²) in [4.78, 5) is 35.7. The Labute approximate surface area is 222 Å². The Hall–Kier alpha value is -4.97. The molecule has 0 N–H and O–H groups in total. The van der Waals surface area contributed by atoms with Crippen LogP contribution in [0.1, 0.15) is 31.9 Å². The second-order valence-electron chi connectivity index (χ2n) is 8.69. The summed E-state index contributed by atoms with van der Waals surface area (Å²) in [5.74, 6) is -0.351. The Morgan fingerprint density at radius 1 is 0.579 bits per heavy atom. The third-order valence-corrected chi connectivity index (χ3v) is 5.21. The highest BCUT2D eigenvalue weighted by Gasteiger charge is 2.12. The monoisotopic (exact) mass is 508 g/mol. The molecule has 38 heavy (non-hydrogen) atoms.